The van der Waals surface area contributed by atoms with Crippen molar-refractivity contribution < 1.29 is 62.5 Å². The summed E-state index contributed by atoms with van der Waals surface area (Å²) in [5, 5.41) is 18.1. The highest BCUT2D eigenvalue weighted by Gasteiger charge is 2.34. The van der Waals surface area contributed by atoms with Gasteiger partial charge >= 0.3 is 35.5 Å². The molecule has 0 bridgehead atoms. The molecule has 2 N–H and O–H groups in total. The van der Waals surface area contributed by atoms with Crippen molar-refractivity contribution in [1.82, 2.24) is 38.7 Å². The molecule has 2 aliphatic heterocycles. The number of aromatic nitrogens is 4. The van der Waals surface area contributed by atoms with Crippen LogP contribution >= 0.6 is 0 Å². The van der Waals surface area contributed by atoms with Crippen LogP contribution in [0, 0.1) is 10.8 Å². The van der Waals surface area contributed by atoms with Crippen LogP contribution in [0.15, 0.2) is 105 Å². The second-order valence-corrected chi connectivity index (χ2v) is 24.6. The predicted molar refractivity (Wildman–Crippen MR) is 328 cm³/mol. The van der Waals surface area contributed by atoms with Gasteiger partial charge in [-0.2, -0.15) is 9.97 Å². The molecule has 2 aromatic heterocycles. The number of aliphatic hydroxyl groups is 1. The molecule has 25 heteroatoms. The van der Waals surface area contributed by atoms with E-state index in [-0.39, 0.29) is 50.4 Å². The summed E-state index contributed by atoms with van der Waals surface area (Å²) < 4.78 is 41.1. The van der Waals surface area contributed by atoms with Crippen LogP contribution in [0.5, 0.6) is 0 Å². The molecule has 6 rings (SSSR count). The first kappa shape index (κ1) is 71.9. The predicted octanol–water partition coefficient (Wildman–Crippen LogP) is 8.55. The van der Waals surface area contributed by atoms with E-state index < -0.39 is 64.4 Å². The minimum Gasteiger partial charge on any atom is -0.481 e. The van der Waals surface area contributed by atoms with E-state index in [4.69, 9.17) is 38.3 Å². The van der Waals surface area contributed by atoms with Gasteiger partial charge in [-0.05, 0) is 118 Å². The lowest BCUT2D eigenvalue weighted by atomic mass is 9.87. The molecule has 480 valence electrons. The zero-order valence-electron chi connectivity index (χ0n) is 53.1. The van der Waals surface area contributed by atoms with E-state index in [0.29, 0.717) is 57.7 Å². The van der Waals surface area contributed by atoms with E-state index in [1.54, 1.807) is 70.7 Å². The molecule has 4 heterocycles. The summed E-state index contributed by atoms with van der Waals surface area (Å²) in [6, 6.07) is 22.8. The van der Waals surface area contributed by atoms with Gasteiger partial charge in [-0.3, -0.25) is 18.7 Å². The number of amides is 2. The van der Waals surface area contributed by atoms with Gasteiger partial charge in [0.15, 0.2) is 36.7 Å². The van der Waals surface area contributed by atoms with E-state index in [2.05, 4.69) is 20.0 Å². The first-order valence-corrected chi connectivity index (χ1v) is 29.0. The van der Waals surface area contributed by atoms with Gasteiger partial charge in [0.1, 0.15) is 17.8 Å². The number of carboxylic acid groups (broad SMARTS) is 1. The summed E-state index contributed by atoms with van der Waals surface area (Å²) in [5.74, 6) is -0.554. The van der Waals surface area contributed by atoms with Gasteiger partial charge in [0.25, 0.3) is 0 Å². The van der Waals surface area contributed by atoms with Crippen molar-refractivity contribution >= 4 is 48.4 Å². The number of esters is 1. The highest BCUT2D eigenvalue weighted by molar-refractivity contribution is 5.76. The standard InChI is InChI=1S/C31H45N5O7.C20H31NO4.C11H16N4O4/c1-30(2,3)43-29(39)35(19-23-13-9-8-10-14-23)17-12-11-16-31(4,5)27(37)41-21-26-40-20-25(42-26)36-18-15-24(33-28(36)38)32-22-34(6)7;1-19(2,3)25-18(24)21(15-16-11-7-6-8-12-16)14-10-9-13-20(4,5)17(22)23;1-14(2)7-12-8-3-4-15(11(17)13-8)9-6-18-10(5-16)19-9/h8-10,13-15,18,22,25-26H,11-12,16-17,19-21H2,1-7H3;6-8,11-12H,9-10,13-15H2,1-5H3,(H,22,23);3-4,7,9-10,16H,5-6H2,1-2H3/t25-,26-;;9-,10-/m0.0/s1. The Bertz CT molecular complexity index is 2960. The number of unbranched alkanes of at least 4 members (excludes halogenated alkanes) is 2. The van der Waals surface area contributed by atoms with E-state index in [9.17, 15) is 33.9 Å². The molecule has 2 aliphatic rings. The summed E-state index contributed by atoms with van der Waals surface area (Å²) in [6.07, 6.45) is 6.79. The van der Waals surface area contributed by atoms with Crippen LogP contribution in [0.1, 0.15) is 131 Å². The third kappa shape index (κ3) is 26.5. The van der Waals surface area contributed by atoms with Crippen LogP contribution in [0.2, 0.25) is 0 Å². The molecular weight excluding hydrogens is 1120 g/mol. The van der Waals surface area contributed by atoms with Crippen LogP contribution < -0.4 is 11.4 Å². The number of carboxylic acids is 1. The molecule has 0 unspecified atom stereocenters. The van der Waals surface area contributed by atoms with Gasteiger partial charge in [-0.1, -0.05) is 73.5 Å². The Morgan fingerprint density at radius 2 is 1.01 bits per heavy atom. The minimum atomic E-state index is -0.802. The third-order valence-electron chi connectivity index (χ3n) is 12.9. The van der Waals surface area contributed by atoms with Crippen LogP contribution in [0.4, 0.5) is 21.2 Å². The number of ether oxygens (including phenoxy) is 7. The lowest BCUT2D eigenvalue weighted by molar-refractivity contribution is -0.168. The second kappa shape index (κ2) is 34.1. The number of benzene rings is 2. The van der Waals surface area contributed by atoms with Crippen molar-refractivity contribution in [3.63, 3.8) is 0 Å². The van der Waals surface area contributed by atoms with E-state index >= 15 is 0 Å². The summed E-state index contributed by atoms with van der Waals surface area (Å²) in [7, 11) is 7.28. The number of rotatable bonds is 25. The number of carbonyl (C=O) groups excluding carboxylic acids is 3. The Kier molecular flexibility index (Phi) is 28.2. The average molecular weight is 1220 g/mol. The lowest BCUT2D eigenvalue weighted by Crippen LogP contribution is -2.37. The number of carbonyl (C=O) groups is 4. The van der Waals surface area contributed by atoms with Gasteiger partial charge in [-0.25, -0.2) is 29.2 Å². The molecule has 25 nitrogen and oxygen atoms in total. The monoisotopic (exact) mass is 1220 g/mol. The van der Waals surface area contributed by atoms with Crippen LogP contribution in [-0.2, 0) is 55.8 Å². The minimum absolute atomic E-state index is 0.102. The van der Waals surface area contributed by atoms with Gasteiger partial charge in [-0.15, -0.1) is 0 Å². The van der Waals surface area contributed by atoms with Crippen molar-refractivity contribution in [3.05, 3.63) is 117 Å². The van der Waals surface area contributed by atoms with Crippen molar-refractivity contribution in [2.75, 3.05) is 67.7 Å². The largest absolute Gasteiger partial charge is 0.481 e. The van der Waals surface area contributed by atoms with Crippen molar-refractivity contribution in [2.45, 2.75) is 157 Å². The van der Waals surface area contributed by atoms with Gasteiger partial charge < -0.3 is 63.0 Å². The van der Waals surface area contributed by atoms with Crippen LogP contribution in [0.3, 0.4) is 0 Å². The third-order valence-corrected chi connectivity index (χ3v) is 12.9. The molecule has 2 amide bonds. The van der Waals surface area contributed by atoms with E-state index in [0.717, 1.165) is 24.0 Å². The molecular formula is C62H92N10O15. The normalized spacial score (nSPS) is 17.0. The van der Waals surface area contributed by atoms with Crippen molar-refractivity contribution in [2.24, 2.45) is 20.8 Å². The van der Waals surface area contributed by atoms with Crippen LogP contribution in [0.25, 0.3) is 0 Å². The molecule has 0 radical (unpaired) electrons. The molecule has 0 saturated carbocycles. The maximum atomic E-state index is 12.9. The number of hydrogen-bond donors (Lipinski definition) is 2. The Labute approximate surface area is 510 Å². The highest BCUT2D eigenvalue weighted by atomic mass is 16.8. The van der Waals surface area contributed by atoms with Gasteiger partial charge in [0.2, 0.25) is 0 Å². The Hall–Kier alpha value is -7.58. The van der Waals surface area contributed by atoms with Gasteiger partial charge in [0, 0.05) is 66.8 Å². The second-order valence-electron chi connectivity index (χ2n) is 24.6. The molecule has 0 aliphatic carbocycles. The zero-order chi connectivity index (χ0) is 64.5. The molecule has 2 fully saturated rings. The summed E-state index contributed by atoms with van der Waals surface area (Å²) in [4.78, 5) is 96.5. The first-order chi connectivity index (χ1) is 40.8. The fourth-order valence-electron chi connectivity index (χ4n) is 8.12. The molecule has 4 atom stereocenters. The number of aliphatic imine (C=N–C) groups is 2. The molecule has 0 spiro atoms. The molecule has 2 saturated heterocycles. The van der Waals surface area contributed by atoms with Crippen LogP contribution in [-0.4, -0.2) is 177 Å². The zero-order valence-corrected chi connectivity index (χ0v) is 53.1. The number of hydrogen-bond acceptors (Lipinski definition) is 18. The summed E-state index contributed by atoms with van der Waals surface area (Å²) >= 11 is 0. The molecule has 4 aromatic rings. The van der Waals surface area contributed by atoms with Gasteiger partial charge in [0.05, 0.1) is 43.3 Å². The summed E-state index contributed by atoms with van der Waals surface area (Å²) in [6.45, 7) is 20.1. The van der Waals surface area contributed by atoms with E-state index in [1.165, 1.54) is 9.13 Å². The Balaban J connectivity index is 0.000000310. The summed E-state index contributed by atoms with van der Waals surface area (Å²) in [5.41, 5.74) is -1.56. The fraction of sp³-hybridized carbons (Fsp3) is 0.581. The van der Waals surface area contributed by atoms with E-state index in [1.807, 2.05) is 144 Å². The smallest absolute Gasteiger partial charge is 0.410 e. The average Bonchev–Trinajstić information content (AvgIpc) is 2.88. The highest BCUT2D eigenvalue weighted by Crippen LogP contribution is 2.28. The maximum Gasteiger partial charge on any atom is 0.410 e. The quantitative estimate of drug-likeness (QED) is 0.0207. The SMILES string of the molecule is CC(C)(C)OC(=O)N(CCCCC(C)(C)C(=O)O)Cc1ccccc1.CN(C)C=Nc1ccn([C@@H]2CO[C@H](CO)O2)c(=O)n1.CN(C)C=Nc1ccn([C@@H]2CO[C@H](COC(=O)C(C)(C)CCCCN(Cc3ccccc3)C(=O)OC(C)(C)C)O2)c(=O)n1. The topological polar surface area (TPSA) is 281 Å². The fourth-order valence-corrected chi connectivity index (χ4v) is 8.12. The Morgan fingerprint density at radius 3 is 1.38 bits per heavy atom. The molecule has 87 heavy (non-hydrogen) atoms. The number of nitrogens with zero attached hydrogens (tertiary/aromatic N) is 10. The maximum absolute atomic E-state index is 12.9. The first-order valence-electron chi connectivity index (χ1n) is 29.0. The van der Waals surface area contributed by atoms with Crippen molar-refractivity contribution in [1.29, 1.82) is 0 Å². The lowest BCUT2D eigenvalue weighted by Gasteiger charge is -2.28. The molecule has 2 aromatic carbocycles. The van der Waals surface area contributed by atoms with Crippen molar-refractivity contribution in [3.8, 4) is 0 Å². The number of aliphatic carboxylic acids is 1. The Morgan fingerprint density at radius 1 is 0.609 bits per heavy atom. The number of aliphatic hydroxyl groups excluding tert-OH is 1.